The molecule has 0 aliphatic carbocycles. The quantitative estimate of drug-likeness (QED) is 0.807. The minimum atomic E-state index is -0.397. The molecule has 2 rings (SSSR count). The lowest BCUT2D eigenvalue weighted by molar-refractivity contribution is 0.1000. The van der Waals surface area contributed by atoms with Crippen LogP contribution in [-0.2, 0) is 7.05 Å². The lowest BCUT2D eigenvalue weighted by Crippen LogP contribution is -2.39. The lowest BCUT2D eigenvalue weighted by Gasteiger charge is -2.28. The molecule has 1 unspecified atom stereocenters. The second kappa shape index (κ2) is 6.26. The van der Waals surface area contributed by atoms with Gasteiger partial charge in [-0.1, -0.05) is 6.92 Å². The average molecular weight is 279 g/mol. The van der Waals surface area contributed by atoms with Gasteiger partial charge in [0.25, 0.3) is 5.91 Å². The minimum absolute atomic E-state index is 0.397. The number of aromatic nitrogens is 2. The van der Waals surface area contributed by atoms with Crippen LogP contribution in [0.5, 0.6) is 0 Å². The molecular weight excluding hydrogens is 254 g/mol. The van der Waals surface area contributed by atoms with Crippen molar-refractivity contribution in [3.05, 3.63) is 11.3 Å². The Morgan fingerprint density at radius 2 is 2.35 bits per heavy atom. The second-order valence-electron chi connectivity index (χ2n) is 5.51. The van der Waals surface area contributed by atoms with Crippen LogP contribution in [0.2, 0.25) is 0 Å². The van der Waals surface area contributed by atoms with Gasteiger partial charge in [0.05, 0.1) is 5.69 Å². The van der Waals surface area contributed by atoms with Crippen LogP contribution >= 0.6 is 0 Å². The third-order valence-electron chi connectivity index (χ3n) is 3.83. The summed E-state index contributed by atoms with van der Waals surface area (Å²) in [5, 5.41) is 7.87. The standard InChI is InChI=1S/C14H25N5O/c1-4-8-19(9-11-6-5-7-16-11)14-12(13(15)20)10(2)17-18(14)3/h11,16H,4-9H2,1-3H3,(H2,15,20). The van der Waals surface area contributed by atoms with Crippen molar-refractivity contribution < 1.29 is 4.79 Å². The molecule has 0 bridgehead atoms. The first-order valence-corrected chi connectivity index (χ1v) is 7.36. The molecule has 0 spiro atoms. The Labute approximate surface area is 120 Å². The van der Waals surface area contributed by atoms with E-state index in [4.69, 9.17) is 5.73 Å². The Balaban J connectivity index is 2.30. The number of hydrogen-bond acceptors (Lipinski definition) is 4. The predicted molar refractivity (Wildman–Crippen MR) is 80.0 cm³/mol. The van der Waals surface area contributed by atoms with Crippen LogP contribution in [0.15, 0.2) is 0 Å². The number of amides is 1. The highest BCUT2D eigenvalue weighted by Gasteiger charge is 2.25. The van der Waals surface area contributed by atoms with Crippen LogP contribution in [0.4, 0.5) is 5.82 Å². The van der Waals surface area contributed by atoms with Crippen molar-refractivity contribution in [1.82, 2.24) is 15.1 Å². The van der Waals surface area contributed by atoms with E-state index in [0.717, 1.165) is 31.9 Å². The lowest BCUT2D eigenvalue weighted by atomic mass is 10.1. The van der Waals surface area contributed by atoms with E-state index < -0.39 is 5.91 Å². The molecule has 2 heterocycles. The summed E-state index contributed by atoms with van der Waals surface area (Å²) in [4.78, 5) is 14.0. The first kappa shape index (κ1) is 14.8. The van der Waals surface area contributed by atoms with E-state index in [0.29, 0.717) is 17.3 Å². The maximum Gasteiger partial charge on any atom is 0.254 e. The van der Waals surface area contributed by atoms with Gasteiger partial charge in [0.15, 0.2) is 0 Å². The van der Waals surface area contributed by atoms with Gasteiger partial charge in [-0.3, -0.25) is 9.48 Å². The van der Waals surface area contributed by atoms with Crippen molar-refractivity contribution in [2.45, 2.75) is 39.2 Å². The van der Waals surface area contributed by atoms with E-state index in [9.17, 15) is 4.79 Å². The minimum Gasteiger partial charge on any atom is -0.365 e. The molecule has 1 atom stereocenters. The fraction of sp³-hybridized carbons (Fsp3) is 0.714. The monoisotopic (exact) mass is 279 g/mol. The van der Waals surface area contributed by atoms with E-state index in [2.05, 4.69) is 22.2 Å². The van der Waals surface area contributed by atoms with Crippen LogP contribution in [0, 0.1) is 6.92 Å². The molecular formula is C14H25N5O. The first-order chi connectivity index (χ1) is 9.54. The first-order valence-electron chi connectivity index (χ1n) is 7.36. The molecule has 1 aliphatic heterocycles. The van der Waals surface area contributed by atoms with Crippen LogP contribution in [0.1, 0.15) is 42.2 Å². The van der Waals surface area contributed by atoms with Gasteiger partial charge in [-0.15, -0.1) is 0 Å². The summed E-state index contributed by atoms with van der Waals surface area (Å²) in [6.07, 6.45) is 3.43. The zero-order valence-corrected chi connectivity index (χ0v) is 12.6. The zero-order chi connectivity index (χ0) is 14.7. The van der Waals surface area contributed by atoms with Gasteiger partial charge in [-0.2, -0.15) is 5.10 Å². The van der Waals surface area contributed by atoms with Crippen molar-refractivity contribution in [3.63, 3.8) is 0 Å². The Hall–Kier alpha value is -1.56. The summed E-state index contributed by atoms with van der Waals surface area (Å²) < 4.78 is 1.78. The van der Waals surface area contributed by atoms with Crippen molar-refractivity contribution in [2.24, 2.45) is 12.8 Å². The molecule has 0 saturated carbocycles. The fourth-order valence-electron chi connectivity index (χ4n) is 3.03. The van der Waals surface area contributed by atoms with Gasteiger partial charge in [0.1, 0.15) is 11.4 Å². The summed E-state index contributed by atoms with van der Waals surface area (Å²) in [5.74, 6) is 0.455. The highest BCUT2D eigenvalue weighted by molar-refractivity contribution is 5.99. The summed E-state index contributed by atoms with van der Waals surface area (Å²) >= 11 is 0. The Morgan fingerprint density at radius 3 is 2.90 bits per heavy atom. The molecule has 6 nitrogen and oxygen atoms in total. The van der Waals surface area contributed by atoms with E-state index in [1.54, 1.807) is 4.68 Å². The summed E-state index contributed by atoms with van der Waals surface area (Å²) in [6, 6.07) is 0.484. The Morgan fingerprint density at radius 1 is 1.60 bits per heavy atom. The normalized spacial score (nSPS) is 18.4. The molecule has 112 valence electrons. The number of rotatable bonds is 6. The topological polar surface area (TPSA) is 76.2 Å². The van der Waals surface area contributed by atoms with E-state index >= 15 is 0 Å². The highest BCUT2D eigenvalue weighted by Crippen LogP contribution is 2.24. The molecule has 20 heavy (non-hydrogen) atoms. The van der Waals surface area contributed by atoms with Crippen molar-refractivity contribution >= 4 is 11.7 Å². The Kier molecular flexibility index (Phi) is 4.65. The third-order valence-corrected chi connectivity index (χ3v) is 3.83. The number of carbonyl (C=O) groups is 1. The van der Waals surface area contributed by atoms with Gasteiger partial charge in [-0.25, -0.2) is 0 Å². The highest BCUT2D eigenvalue weighted by atomic mass is 16.1. The van der Waals surface area contributed by atoms with Crippen LogP contribution in [0.3, 0.4) is 0 Å². The van der Waals surface area contributed by atoms with E-state index in [1.165, 1.54) is 12.8 Å². The van der Waals surface area contributed by atoms with Crippen molar-refractivity contribution in [2.75, 3.05) is 24.5 Å². The Bertz CT molecular complexity index is 476. The maximum absolute atomic E-state index is 11.7. The molecule has 6 heteroatoms. The van der Waals surface area contributed by atoms with Gasteiger partial charge < -0.3 is 16.0 Å². The van der Waals surface area contributed by atoms with Crippen molar-refractivity contribution in [1.29, 1.82) is 0 Å². The maximum atomic E-state index is 11.7. The van der Waals surface area contributed by atoms with E-state index in [1.807, 2.05) is 14.0 Å². The van der Waals surface area contributed by atoms with Gasteiger partial charge >= 0.3 is 0 Å². The molecule has 3 N–H and O–H groups in total. The number of nitrogens with zero attached hydrogens (tertiary/aromatic N) is 3. The number of nitrogens with two attached hydrogens (primary N) is 1. The van der Waals surface area contributed by atoms with Crippen LogP contribution in [0.25, 0.3) is 0 Å². The average Bonchev–Trinajstić information content (AvgIpc) is 2.96. The molecule has 0 radical (unpaired) electrons. The third kappa shape index (κ3) is 2.95. The predicted octanol–water partition coefficient (Wildman–Crippen LogP) is 0.796. The van der Waals surface area contributed by atoms with Crippen molar-refractivity contribution in [3.8, 4) is 0 Å². The molecule has 1 aromatic rings. The fourth-order valence-corrected chi connectivity index (χ4v) is 3.03. The molecule has 1 amide bonds. The van der Waals surface area contributed by atoms with Gasteiger partial charge in [0.2, 0.25) is 0 Å². The van der Waals surface area contributed by atoms with Crippen LogP contribution < -0.4 is 16.0 Å². The number of anilines is 1. The number of aryl methyl sites for hydroxylation is 2. The van der Waals surface area contributed by atoms with Crippen LogP contribution in [-0.4, -0.2) is 41.4 Å². The second-order valence-corrected chi connectivity index (χ2v) is 5.51. The number of nitrogens with one attached hydrogen (secondary N) is 1. The number of hydrogen-bond donors (Lipinski definition) is 2. The molecule has 1 aliphatic rings. The molecule has 0 aromatic carbocycles. The number of carbonyl (C=O) groups excluding carboxylic acids is 1. The molecule has 1 saturated heterocycles. The summed E-state index contributed by atoms with van der Waals surface area (Å²) in [5.41, 5.74) is 6.80. The largest absolute Gasteiger partial charge is 0.365 e. The smallest absolute Gasteiger partial charge is 0.254 e. The van der Waals surface area contributed by atoms with Gasteiger partial charge in [0, 0.05) is 26.2 Å². The molecule has 1 fully saturated rings. The summed E-state index contributed by atoms with van der Waals surface area (Å²) in [6.45, 7) is 6.85. The number of primary amides is 1. The molecule has 1 aromatic heterocycles. The van der Waals surface area contributed by atoms with E-state index in [-0.39, 0.29) is 0 Å². The zero-order valence-electron chi connectivity index (χ0n) is 12.6. The SMILES string of the molecule is CCCN(CC1CCCN1)c1c(C(N)=O)c(C)nn1C. The van der Waals surface area contributed by atoms with Gasteiger partial charge in [-0.05, 0) is 32.7 Å². The summed E-state index contributed by atoms with van der Waals surface area (Å²) in [7, 11) is 1.87.